The zero-order valence-electron chi connectivity index (χ0n) is 16.1. The van der Waals surface area contributed by atoms with Gasteiger partial charge < -0.3 is 10.0 Å². The molecule has 0 atom stereocenters. The van der Waals surface area contributed by atoms with Gasteiger partial charge in [-0.3, -0.25) is 13.9 Å². The summed E-state index contributed by atoms with van der Waals surface area (Å²) in [4.78, 5) is 26.0. The highest BCUT2D eigenvalue weighted by molar-refractivity contribution is 5.99. The molecule has 1 aliphatic rings. The molecule has 0 radical (unpaired) electrons. The second-order valence-corrected chi connectivity index (χ2v) is 7.13. The van der Waals surface area contributed by atoms with Gasteiger partial charge in [-0.2, -0.15) is 0 Å². The van der Waals surface area contributed by atoms with E-state index in [-0.39, 0.29) is 24.0 Å². The van der Waals surface area contributed by atoms with E-state index < -0.39 is 6.67 Å². The SMILES string of the molecule is CCn1c(O)cn(Cc2ccc(-c3ccc4c(c3)CN(CCF)C4=O)cc2)c1=O. The topological polar surface area (TPSA) is 67.5 Å². The van der Waals surface area contributed by atoms with E-state index in [0.29, 0.717) is 25.2 Å². The van der Waals surface area contributed by atoms with Gasteiger partial charge in [0.15, 0.2) is 0 Å². The third-order valence-corrected chi connectivity index (χ3v) is 5.32. The number of imidazole rings is 1. The second-order valence-electron chi connectivity index (χ2n) is 7.13. The van der Waals surface area contributed by atoms with Crippen molar-refractivity contribution in [3.8, 4) is 17.0 Å². The maximum absolute atomic E-state index is 12.6. The first kappa shape index (κ1) is 19.0. The van der Waals surface area contributed by atoms with Gasteiger partial charge in [-0.1, -0.05) is 30.3 Å². The number of rotatable bonds is 6. The summed E-state index contributed by atoms with van der Waals surface area (Å²) in [5.74, 6) is -0.157. The van der Waals surface area contributed by atoms with Crippen LogP contribution >= 0.6 is 0 Å². The monoisotopic (exact) mass is 395 g/mol. The number of carbonyl (C=O) groups excluding carboxylic acids is 1. The van der Waals surface area contributed by atoms with E-state index in [1.165, 1.54) is 20.2 Å². The van der Waals surface area contributed by atoms with Gasteiger partial charge in [0, 0.05) is 25.2 Å². The van der Waals surface area contributed by atoms with Gasteiger partial charge in [-0.25, -0.2) is 9.18 Å². The molecular weight excluding hydrogens is 373 g/mol. The number of fused-ring (bicyclic) bond motifs is 1. The maximum Gasteiger partial charge on any atom is 0.331 e. The van der Waals surface area contributed by atoms with Gasteiger partial charge in [0.2, 0.25) is 5.88 Å². The Bertz CT molecular complexity index is 1120. The lowest BCUT2D eigenvalue weighted by molar-refractivity contribution is 0.0768. The lowest BCUT2D eigenvalue weighted by atomic mass is 9.99. The van der Waals surface area contributed by atoms with E-state index in [4.69, 9.17) is 0 Å². The van der Waals surface area contributed by atoms with Crippen LogP contribution in [0.2, 0.25) is 0 Å². The van der Waals surface area contributed by atoms with Crippen LogP contribution < -0.4 is 5.69 Å². The molecule has 0 spiro atoms. The minimum atomic E-state index is -0.545. The van der Waals surface area contributed by atoms with Crippen LogP contribution in [-0.2, 0) is 19.6 Å². The molecule has 150 valence electrons. The highest BCUT2D eigenvalue weighted by atomic mass is 19.1. The molecule has 29 heavy (non-hydrogen) atoms. The Kier molecular flexibility index (Phi) is 4.96. The van der Waals surface area contributed by atoms with Crippen LogP contribution in [0.25, 0.3) is 11.1 Å². The highest BCUT2D eigenvalue weighted by Gasteiger charge is 2.27. The van der Waals surface area contributed by atoms with Crippen molar-refractivity contribution in [2.75, 3.05) is 13.2 Å². The van der Waals surface area contributed by atoms with Crippen molar-refractivity contribution in [2.24, 2.45) is 0 Å². The Balaban J connectivity index is 1.54. The second kappa shape index (κ2) is 7.58. The van der Waals surface area contributed by atoms with E-state index >= 15 is 0 Å². The summed E-state index contributed by atoms with van der Waals surface area (Å²) < 4.78 is 15.4. The third-order valence-electron chi connectivity index (χ3n) is 5.32. The number of aromatic nitrogens is 2. The molecule has 0 bridgehead atoms. The quantitative estimate of drug-likeness (QED) is 0.698. The summed E-state index contributed by atoms with van der Waals surface area (Å²) in [5.41, 5.74) is 4.22. The molecule has 7 heteroatoms. The van der Waals surface area contributed by atoms with Gasteiger partial charge in [0.05, 0.1) is 12.7 Å². The first-order chi connectivity index (χ1) is 14.0. The zero-order valence-corrected chi connectivity index (χ0v) is 16.1. The average Bonchev–Trinajstić information content (AvgIpc) is 3.18. The van der Waals surface area contributed by atoms with Gasteiger partial charge in [-0.05, 0) is 41.3 Å². The van der Waals surface area contributed by atoms with Crippen molar-refractivity contribution < 1.29 is 14.3 Å². The Labute approximate surface area is 167 Å². The predicted molar refractivity (Wildman–Crippen MR) is 108 cm³/mol. The molecule has 1 N–H and O–H groups in total. The lowest BCUT2D eigenvalue weighted by Crippen LogP contribution is -2.25. The van der Waals surface area contributed by atoms with Crippen molar-refractivity contribution in [1.29, 1.82) is 0 Å². The van der Waals surface area contributed by atoms with Crippen molar-refractivity contribution in [2.45, 2.75) is 26.6 Å². The third kappa shape index (κ3) is 3.44. The molecule has 1 amide bonds. The number of alkyl halides is 1. The van der Waals surface area contributed by atoms with E-state index in [0.717, 1.165) is 22.3 Å². The summed E-state index contributed by atoms with van der Waals surface area (Å²) in [6.45, 7) is 2.60. The minimum Gasteiger partial charge on any atom is -0.493 e. The minimum absolute atomic E-state index is 0.0383. The van der Waals surface area contributed by atoms with E-state index in [9.17, 15) is 19.1 Å². The van der Waals surface area contributed by atoms with E-state index in [1.54, 1.807) is 13.0 Å². The van der Waals surface area contributed by atoms with Crippen LogP contribution in [0.5, 0.6) is 5.88 Å². The van der Waals surface area contributed by atoms with E-state index in [1.807, 2.05) is 36.4 Å². The molecule has 0 aliphatic carbocycles. The Morgan fingerprint density at radius 1 is 1.07 bits per heavy atom. The summed E-state index contributed by atoms with van der Waals surface area (Å²) in [5, 5.41) is 9.82. The van der Waals surface area contributed by atoms with Crippen LogP contribution in [0.4, 0.5) is 4.39 Å². The number of halogens is 1. The molecular formula is C22H22FN3O3. The molecule has 1 aromatic heterocycles. The van der Waals surface area contributed by atoms with Crippen LogP contribution in [0, 0.1) is 0 Å². The smallest absolute Gasteiger partial charge is 0.331 e. The normalized spacial score (nSPS) is 13.2. The molecule has 1 aliphatic heterocycles. The van der Waals surface area contributed by atoms with Crippen molar-refractivity contribution in [1.82, 2.24) is 14.0 Å². The molecule has 6 nitrogen and oxygen atoms in total. The summed E-state index contributed by atoms with van der Waals surface area (Å²) >= 11 is 0. The van der Waals surface area contributed by atoms with Gasteiger partial charge in [-0.15, -0.1) is 0 Å². The van der Waals surface area contributed by atoms with Crippen molar-refractivity contribution in [3.63, 3.8) is 0 Å². The van der Waals surface area contributed by atoms with Crippen LogP contribution in [0.1, 0.15) is 28.4 Å². The van der Waals surface area contributed by atoms with Crippen molar-refractivity contribution in [3.05, 3.63) is 75.8 Å². The Morgan fingerprint density at radius 2 is 1.79 bits per heavy atom. The number of hydrogen-bond donors (Lipinski definition) is 1. The first-order valence-corrected chi connectivity index (χ1v) is 9.58. The molecule has 0 saturated heterocycles. The zero-order chi connectivity index (χ0) is 20.5. The molecule has 0 unspecified atom stereocenters. The number of amides is 1. The molecule has 4 rings (SSSR count). The van der Waals surface area contributed by atoms with E-state index in [2.05, 4.69) is 0 Å². The Hall–Kier alpha value is -3.35. The molecule has 2 heterocycles. The number of carbonyl (C=O) groups is 1. The highest BCUT2D eigenvalue weighted by Crippen LogP contribution is 2.28. The number of aromatic hydroxyl groups is 1. The van der Waals surface area contributed by atoms with Crippen LogP contribution in [0.15, 0.2) is 53.5 Å². The van der Waals surface area contributed by atoms with Gasteiger partial charge in [0.1, 0.15) is 6.67 Å². The summed E-state index contributed by atoms with van der Waals surface area (Å²) in [7, 11) is 0. The molecule has 3 aromatic rings. The standard InChI is InChI=1S/C22H22FN3O3/c1-2-26-20(27)14-25(22(26)29)12-15-3-5-16(6-4-15)17-7-8-19-18(11-17)13-24(10-9-23)21(19)28/h3-8,11,14,27H,2,9-10,12-13H2,1H3. The average molecular weight is 395 g/mol. The molecule has 0 saturated carbocycles. The lowest BCUT2D eigenvalue weighted by Gasteiger charge is -2.12. The first-order valence-electron chi connectivity index (χ1n) is 9.58. The van der Waals surface area contributed by atoms with Crippen molar-refractivity contribution >= 4 is 5.91 Å². The fourth-order valence-electron chi connectivity index (χ4n) is 3.77. The Morgan fingerprint density at radius 3 is 2.45 bits per heavy atom. The molecule has 0 fully saturated rings. The fraction of sp³-hybridized carbons (Fsp3) is 0.273. The molecule has 2 aromatic carbocycles. The number of hydrogen-bond acceptors (Lipinski definition) is 3. The summed E-state index contributed by atoms with van der Waals surface area (Å²) in [6, 6.07) is 13.5. The predicted octanol–water partition coefficient (Wildman–Crippen LogP) is 3.02. The van der Waals surface area contributed by atoms with Gasteiger partial charge >= 0.3 is 5.69 Å². The largest absolute Gasteiger partial charge is 0.493 e. The van der Waals surface area contributed by atoms with Crippen LogP contribution in [-0.4, -0.2) is 38.3 Å². The van der Waals surface area contributed by atoms with Crippen LogP contribution in [0.3, 0.4) is 0 Å². The number of benzene rings is 2. The number of nitrogens with zero attached hydrogens (tertiary/aromatic N) is 3. The summed E-state index contributed by atoms with van der Waals surface area (Å²) in [6.07, 6.45) is 1.44. The van der Waals surface area contributed by atoms with Gasteiger partial charge in [0.25, 0.3) is 5.91 Å². The maximum atomic E-state index is 12.6. The fourth-order valence-corrected chi connectivity index (χ4v) is 3.77.